The third-order valence-corrected chi connectivity index (χ3v) is 4.33. The number of carboxylic acid groups (broad SMARTS) is 1. The van der Waals surface area contributed by atoms with Gasteiger partial charge in [0, 0.05) is 9.50 Å². The molecule has 0 heterocycles. The van der Waals surface area contributed by atoms with Gasteiger partial charge in [0.15, 0.2) is 11.7 Å². The van der Waals surface area contributed by atoms with Gasteiger partial charge in [-0.15, -0.1) is 0 Å². The first-order valence-corrected chi connectivity index (χ1v) is 8.87. The molecule has 2 aromatic carbocycles. The largest absolute Gasteiger partial charge is 0.484 e. The van der Waals surface area contributed by atoms with Crippen LogP contribution < -0.4 is 15.4 Å². The number of rotatable bonds is 5. The number of aromatic carboxylic acids is 1. The molecule has 0 unspecified atom stereocenters. The molecular weight excluding hydrogens is 444 g/mol. The summed E-state index contributed by atoms with van der Waals surface area (Å²) in [5.74, 6) is -1.10. The molecule has 0 spiro atoms. The fourth-order valence-electron chi connectivity index (χ4n) is 1.97. The molecule has 0 atom stereocenters. The van der Waals surface area contributed by atoms with E-state index in [2.05, 4.69) is 26.6 Å². The Hall–Kier alpha value is -2.16. The SMILES string of the molecule is Cc1cc(OCC(=O)NC(=S)Nc2ccc(Br)cc2C(=O)O)ccc1Cl. The van der Waals surface area contributed by atoms with Crippen LogP contribution in [0.2, 0.25) is 5.02 Å². The van der Waals surface area contributed by atoms with E-state index >= 15 is 0 Å². The predicted molar refractivity (Wildman–Crippen MR) is 107 cm³/mol. The number of benzene rings is 2. The fourth-order valence-corrected chi connectivity index (χ4v) is 2.68. The number of anilines is 1. The Balaban J connectivity index is 1.92. The van der Waals surface area contributed by atoms with E-state index < -0.39 is 11.9 Å². The second-order valence-corrected chi connectivity index (χ2v) is 6.93. The Morgan fingerprint density at radius 1 is 1.27 bits per heavy atom. The highest BCUT2D eigenvalue weighted by atomic mass is 79.9. The number of halogens is 2. The maximum absolute atomic E-state index is 11.9. The summed E-state index contributed by atoms with van der Waals surface area (Å²) in [6, 6.07) is 9.68. The quantitative estimate of drug-likeness (QED) is 0.588. The lowest BCUT2D eigenvalue weighted by atomic mass is 10.2. The standard InChI is InChI=1S/C17H14BrClN2O4S/c1-9-6-11(3-4-13(9)19)25-8-15(22)21-17(26)20-14-5-2-10(18)7-12(14)16(23)24/h2-7H,8H2,1H3,(H,23,24)(H2,20,21,22,26). The van der Waals surface area contributed by atoms with Crippen LogP contribution in [0.1, 0.15) is 15.9 Å². The molecule has 3 N–H and O–H groups in total. The molecule has 2 rings (SSSR count). The van der Waals surface area contributed by atoms with Gasteiger partial charge in [0.25, 0.3) is 5.91 Å². The molecule has 0 bridgehead atoms. The van der Waals surface area contributed by atoms with Crippen LogP contribution in [0.15, 0.2) is 40.9 Å². The van der Waals surface area contributed by atoms with Crippen molar-refractivity contribution in [1.82, 2.24) is 5.32 Å². The van der Waals surface area contributed by atoms with Gasteiger partial charge in [0.05, 0.1) is 11.3 Å². The van der Waals surface area contributed by atoms with Crippen LogP contribution in [0.5, 0.6) is 5.75 Å². The molecule has 0 aromatic heterocycles. The molecule has 0 aliphatic carbocycles. The summed E-state index contributed by atoms with van der Waals surface area (Å²) in [6.45, 7) is 1.57. The number of nitrogens with one attached hydrogen (secondary N) is 2. The lowest BCUT2D eigenvalue weighted by Gasteiger charge is -2.12. The molecule has 6 nitrogen and oxygen atoms in total. The Morgan fingerprint density at radius 3 is 2.65 bits per heavy atom. The number of ether oxygens (including phenoxy) is 1. The minimum absolute atomic E-state index is 0.0175. The summed E-state index contributed by atoms with van der Waals surface area (Å²) >= 11 is 14.2. The minimum Gasteiger partial charge on any atom is -0.484 e. The Labute approximate surface area is 168 Å². The van der Waals surface area contributed by atoms with Crippen molar-refractivity contribution in [3.8, 4) is 5.75 Å². The van der Waals surface area contributed by atoms with E-state index in [1.807, 2.05) is 6.92 Å². The topological polar surface area (TPSA) is 87.7 Å². The van der Waals surface area contributed by atoms with Crippen LogP contribution >= 0.6 is 39.7 Å². The zero-order valence-corrected chi connectivity index (χ0v) is 16.7. The Morgan fingerprint density at radius 2 is 2.00 bits per heavy atom. The molecule has 0 aliphatic rings. The first-order chi connectivity index (χ1) is 12.3. The lowest BCUT2D eigenvalue weighted by molar-refractivity contribution is -0.121. The summed E-state index contributed by atoms with van der Waals surface area (Å²) < 4.78 is 5.99. The van der Waals surface area contributed by atoms with E-state index in [4.69, 9.17) is 28.6 Å². The first-order valence-electron chi connectivity index (χ1n) is 7.29. The van der Waals surface area contributed by atoms with Gasteiger partial charge in [-0.2, -0.15) is 0 Å². The summed E-state index contributed by atoms with van der Waals surface area (Å²) in [5, 5.41) is 14.9. The van der Waals surface area contributed by atoms with Crippen LogP contribution in [-0.2, 0) is 4.79 Å². The smallest absolute Gasteiger partial charge is 0.337 e. The van der Waals surface area contributed by atoms with E-state index in [0.717, 1.165) is 5.56 Å². The third-order valence-electron chi connectivity index (χ3n) is 3.21. The molecule has 2 aromatic rings. The van der Waals surface area contributed by atoms with Crippen LogP contribution in [0.4, 0.5) is 5.69 Å². The number of carbonyl (C=O) groups is 2. The van der Waals surface area contributed by atoms with Gasteiger partial charge >= 0.3 is 5.97 Å². The third kappa shape index (κ3) is 5.69. The fraction of sp³-hybridized carbons (Fsp3) is 0.118. The average Bonchev–Trinajstić information content (AvgIpc) is 2.57. The molecule has 0 saturated carbocycles. The van der Waals surface area contributed by atoms with E-state index in [0.29, 0.717) is 15.2 Å². The molecular formula is C17H14BrClN2O4S. The summed E-state index contributed by atoms with van der Waals surface area (Å²) in [6.07, 6.45) is 0. The Bertz CT molecular complexity index is 876. The van der Waals surface area contributed by atoms with Gasteiger partial charge in [-0.1, -0.05) is 27.5 Å². The van der Waals surface area contributed by atoms with Crippen molar-refractivity contribution in [3.63, 3.8) is 0 Å². The molecule has 0 radical (unpaired) electrons. The molecule has 1 amide bonds. The van der Waals surface area contributed by atoms with Crippen molar-refractivity contribution in [3.05, 3.63) is 57.0 Å². The van der Waals surface area contributed by atoms with Crippen molar-refractivity contribution < 1.29 is 19.4 Å². The van der Waals surface area contributed by atoms with Crippen molar-refractivity contribution in [1.29, 1.82) is 0 Å². The van der Waals surface area contributed by atoms with Crippen LogP contribution in [0.3, 0.4) is 0 Å². The van der Waals surface area contributed by atoms with Crippen LogP contribution in [0.25, 0.3) is 0 Å². The highest BCUT2D eigenvalue weighted by molar-refractivity contribution is 9.10. The molecule has 0 aliphatic heterocycles. The minimum atomic E-state index is -1.12. The highest BCUT2D eigenvalue weighted by Crippen LogP contribution is 2.22. The van der Waals surface area contributed by atoms with Gasteiger partial charge in [-0.25, -0.2) is 4.79 Å². The number of hydrogen-bond acceptors (Lipinski definition) is 4. The van der Waals surface area contributed by atoms with E-state index in [1.54, 1.807) is 30.3 Å². The first kappa shape index (κ1) is 20.2. The molecule has 0 fully saturated rings. The van der Waals surface area contributed by atoms with Crippen molar-refractivity contribution in [2.75, 3.05) is 11.9 Å². The zero-order chi connectivity index (χ0) is 19.3. The second-order valence-electron chi connectivity index (χ2n) is 5.20. The van der Waals surface area contributed by atoms with Crippen molar-refractivity contribution in [2.24, 2.45) is 0 Å². The maximum atomic E-state index is 11.9. The molecule has 0 saturated heterocycles. The predicted octanol–water partition coefficient (Wildman–Crippen LogP) is 4.00. The van der Waals surface area contributed by atoms with Crippen molar-refractivity contribution >= 4 is 62.4 Å². The van der Waals surface area contributed by atoms with E-state index in [9.17, 15) is 14.7 Å². The molecule has 136 valence electrons. The number of thiocarbonyl (C=S) groups is 1. The van der Waals surface area contributed by atoms with E-state index in [1.165, 1.54) is 6.07 Å². The lowest BCUT2D eigenvalue weighted by Crippen LogP contribution is -2.37. The monoisotopic (exact) mass is 456 g/mol. The van der Waals surface area contributed by atoms with Gasteiger partial charge in [-0.05, 0) is 61.1 Å². The number of amides is 1. The number of hydrogen-bond donors (Lipinski definition) is 3. The van der Waals surface area contributed by atoms with Crippen LogP contribution in [-0.4, -0.2) is 28.7 Å². The van der Waals surface area contributed by atoms with E-state index in [-0.39, 0.29) is 23.0 Å². The zero-order valence-electron chi connectivity index (χ0n) is 13.5. The van der Waals surface area contributed by atoms with Crippen molar-refractivity contribution in [2.45, 2.75) is 6.92 Å². The van der Waals surface area contributed by atoms with Gasteiger partial charge in [0.1, 0.15) is 5.75 Å². The number of aryl methyl sites for hydroxylation is 1. The summed E-state index contributed by atoms with van der Waals surface area (Å²) in [5.41, 5.74) is 1.11. The van der Waals surface area contributed by atoms with Gasteiger partial charge in [-0.3, -0.25) is 10.1 Å². The second kappa shape index (κ2) is 8.98. The van der Waals surface area contributed by atoms with Crippen LogP contribution in [0, 0.1) is 6.92 Å². The number of carboxylic acids is 1. The summed E-state index contributed by atoms with van der Waals surface area (Å²) in [7, 11) is 0. The normalized spacial score (nSPS) is 10.1. The Kier molecular flexibility index (Phi) is 6.96. The van der Waals surface area contributed by atoms with Gasteiger partial charge < -0.3 is 15.2 Å². The summed E-state index contributed by atoms with van der Waals surface area (Å²) in [4.78, 5) is 23.2. The molecule has 26 heavy (non-hydrogen) atoms. The number of carbonyl (C=O) groups excluding carboxylic acids is 1. The average molecular weight is 458 g/mol. The maximum Gasteiger partial charge on any atom is 0.337 e. The molecule has 9 heteroatoms. The highest BCUT2D eigenvalue weighted by Gasteiger charge is 2.13. The van der Waals surface area contributed by atoms with Gasteiger partial charge in [0.2, 0.25) is 0 Å².